The van der Waals surface area contributed by atoms with E-state index < -0.39 is 0 Å². The van der Waals surface area contributed by atoms with E-state index in [1.165, 1.54) is 16.6 Å². The summed E-state index contributed by atoms with van der Waals surface area (Å²) in [7, 11) is 0. The second-order valence-corrected chi connectivity index (χ2v) is 8.22. The molecule has 24 heavy (non-hydrogen) atoms. The van der Waals surface area contributed by atoms with Crippen molar-refractivity contribution in [2.24, 2.45) is 0 Å². The maximum absolute atomic E-state index is 12.0. The van der Waals surface area contributed by atoms with Gasteiger partial charge in [-0.2, -0.15) is 0 Å². The van der Waals surface area contributed by atoms with E-state index in [4.69, 9.17) is 4.74 Å². The summed E-state index contributed by atoms with van der Waals surface area (Å²) in [6.07, 6.45) is 2.17. The van der Waals surface area contributed by atoms with Crippen LogP contribution >= 0.6 is 34.4 Å². The highest BCUT2D eigenvalue weighted by Gasteiger charge is 2.20. The van der Waals surface area contributed by atoms with Crippen molar-refractivity contribution in [1.29, 1.82) is 0 Å². The quantitative estimate of drug-likeness (QED) is 0.665. The average Bonchev–Trinajstić information content (AvgIpc) is 3.36. The van der Waals surface area contributed by atoms with Gasteiger partial charge in [0.25, 0.3) is 0 Å². The van der Waals surface area contributed by atoms with Crippen LogP contribution in [0.5, 0.6) is 0 Å². The van der Waals surface area contributed by atoms with Crippen molar-refractivity contribution in [2.45, 2.75) is 36.4 Å². The molecule has 0 bridgehead atoms. The molecule has 3 aromatic rings. The molecule has 126 valence electrons. The smallest absolute Gasteiger partial charge is 0.344 e. The lowest BCUT2D eigenvalue weighted by Gasteiger charge is -2.10. The number of thiazole rings is 1. The van der Waals surface area contributed by atoms with Gasteiger partial charge in [-0.05, 0) is 24.3 Å². The van der Waals surface area contributed by atoms with Crippen LogP contribution in [0.4, 0.5) is 0 Å². The third-order valence-corrected chi connectivity index (χ3v) is 6.71. The van der Waals surface area contributed by atoms with Crippen LogP contribution < -0.4 is 5.69 Å². The van der Waals surface area contributed by atoms with E-state index in [0.29, 0.717) is 17.5 Å². The van der Waals surface area contributed by atoms with Gasteiger partial charge in [0.05, 0.1) is 23.2 Å². The lowest BCUT2D eigenvalue weighted by Crippen LogP contribution is -2.24. The van der Waals surface area contributed by atoms with Crippen molar-refractivity contribution in [3.05, 3.63) is 39.1 Å². The van der Waals surface area contributed by atoms with Gasteiger partial charge in [-0.15, -0.1) is 27.8 Å². The predicted molar refractivity (Wildman–Crippen MR) is 96.8 cm³/mol. The van der Waals surface area contributed by atoms with Crippen LogP contribution in [0.2, 0.25) is 0 Å². The first-order valence-electron chi connectivity index (χ1n) is 7.67. The minimum Gasteiger partial charge on any atom is -0.376 e. The minimum atomic E-state index is -0.175. The number of ether oxygens (including phenoxy) is 1. The second-order valence-electron chi connectivity index (χ2n) is 5.47. The maximum Gasteiger partial charge on any atom is 0.344 e. The Morgan fingerprint density at radius 3 is 3.21 bits per heavy atom. The number of rotatable bonds is 6. The maximum atomic E-state index is 12.0. The zero-order valence-corrected chi connectivity index (χ0v) is 15.3. The Morgan fingerprint density at radius 1 is 1.46 bits per heavy atom. The fraction of sp³-hybridized carbons (Fsp3) is 0.400. The first-order valence-corrected chi connectivity index (χ1v) is 10.4. The molecule has 4 heterocycles. The summed E-state index contributed by atoms with van der Waals surface area (Å²) in [5, 5.41) is 12.5. The van der Waals surface area contributed by atoms with Crippen LogP contribution in [0.25, 0.3) is 9.88 Å². The van der Waals surface area contributed by atoms with E-state index in [1.54, 1.807) is 27.2 Å². The van der Waals surface area contributed by atoms with Gasteiger partial charge in [0.15, 0.2) is 5.16 Å². The Bertz CT molecular complexity index is 846. The van der Waals surface area contributed by atoms with E-state index in [9.17, 15) is 4.79 Å². The lowest BCUT2D eigenvalue weighted by molar-refractivity contribution is 0.0941. The molecule has 0 spiro atoms. The Kier molecular flexibility index (Phi) is 4.83. The summed E-state index contributed by atoms with van der Waals surface area (Å²) in [5.41, 5.74) is 0.832. The summed E-state index contributed by atoms with van der Waals surface area (Å²) < 4.78 is 7.30. The van der Waals surface area contributed by atoms with E-state index >= 15 is 0 Å². The summed E-state index contributed by atoms with van der Waals surface area (Å²) in [5.74, 6) is 0.692. The monoisotopic (exact) mass is 380 g/mol. The first kappa shape index (κ1) is 16.1. The molecule has 4 rings (SSSR count). The molecule has 0 aliphatic carbocycles. The minimum absolute atomic E-state index is 0.115. The normalized spacial score (nSPS) is 17.6. The molecule has 6 nitrogen and oxygen atoms in total. The predicted octanol–water partition coefficient (Wildman–Crippen LogP) is 3.23. The Morgan fingerprint density at radius 2 is 2.42 bits per heavy atom. The third-order valence-electron chi connectivity index (χ3n) is 3.77. The van der Waals surface area contributed by atoms with Crippen LogP contribution in [-0.4, -0.2) is 32.5 Å². The number of aromatic amines is 1. The highest BCUT2D eigenvalue weighted by molar-refractivity contribution is 7.98. The van der Waals surface area contributed by atoms with E-state index in [0.717, 1.165) is 30.2 Å². The van der Waals surface area contributed by atoms with Crippen LogP contribution in [0.3, 0.4) is 0 Å². The molecule has 0 radical (unpaired) electrons. The zero-order chi connectivity index (χ0) is 16.4. The van der Waals surface area contributed by atoms with Gasteiger partial charge in [-0.1, -0.05) is 17.8 Å². The molecule has 3 aromatic heterocycles. The standard InChI is InChI=1S/C15H16N4O2S3/c20-14-17-18-15(19(14)7-11-3-1-5-21-11)24-9-10-8-23-13(16-10)12-4-2-6-22-12/h2,4,6,8,11H,1,3,5,7,9H2,(H,17,20). The van der Waals surface area contributed by atoms with Gasteiger partial charge in [0.1, 0.15) is 5.01 Å². The lowest BCUT2D eigenvalue weighted by atomic mass is 10.2. The number of nitrogens with one attached hydrogen (secondary N) is 1. The molecule has 1 unspecified atom stereocenters. The molecule has 1 saturated heterocycles. The number of hydrogen-bond acceptors (Lipinski definition) is 7. The third kappa shape index (κ3) is 3.49. The largest absolute Gasteiger partial charge is 0.376 e. The fourth-order valence-electron chi connectivity index (χ4n) is 2.59. The Labute approximate surface area is 150 Å². The van der Waals surface area contributed by atoms with Crippen LogP contribution in [0, 0.1) is 0 Å². The summed E-state index contributed by atoms with van der Waals surface area (Å²) in [4.78, 5) is 17.8. The SMILES string of the molecule is O=c1[nH]nc(SCc2csc(-c3cccs3)n2)n1CC1CCCO1. The first-order chi connectivity index (χ1) is 11.8. The van der Waals surface area contributed by atoms with Crippen LogP contribution in [0.15, 0.2) is 32.8 Å². The van der Waals surface area contributed by atoms with Gasteiger partial charge in [-0.3, -0.25) is 4.57 Å². The summed E-state index contributed by atoms with van der Waals surface area (Å²) in [6, 6.07) is 4.11. The molecule has 1 atom stereocenters. The number of aromatic nitrogens is 4. The van der Waals surface area contributed by atoms with Gasteiger partial charge in [0.2, 0.25) is 0 Å². The molecule has 9 heteroatoms. The zero-order valence-electron chi connectivity index (χ0n) is 12.8. The van der Waals surface area contributed by atoms with Gasteiger partial charge in [-0.25, -0.2) is 14.9 Å². The molecule has 1 aliphatic heterocycles. The van der Waals surface area contributed by atoms with Gasteiger partial charge in [0, 0.05) is 17.7 Å². The number of thioether (sulfide) groups is 1. The fourth-order valence-corrected chi connectivity index (χ4v) is 5.18. The van der Waals surface area contributed by atoms with Gasteiger partial charge >= 0.3 is 5.69 Å². The van der Waals surface area contributed by atoms with Crippen molar-refractivity contribution >= 4 is 34.4 Å². The Balaban J connectivity index is 1.43. The van der Waals surface area contributed by atoms with Crippen LogP contribution in [0.1, 0.15) is 18.5 Å². The van der Waals surface area contributed by atoms with Crippen molar-refractivity contribution in [3.8, 4) is 9.88 Å². The summed E-state index contributed by atoms with van der Waals surface area (Å²) >= 11 is 4.87. The van der Waals surface area contributed by atoms with E-state index in [2.05, 4.69) is 32.0 Å². The Hall–Kier alpha value is -1.42. The molecular formula is C15H16N4O2S3. The van der Waals surface area contributed by atoms with Crippen molar-refractivity contribution < 1.29 is 4.74 Å². The van der Waals surface area contributed by atoms with E-state index in [-0.39, 0.29) is 11.8 Å². The molecular weight excluding hydrogens is 364 g/mol. The average molecular weight is 381 g/mol. The highest BCUT2D eigenvalue weighted by atomic mass is 32.2. The topological polar surface area (TPSA) is 72.8 Å². The molecule has 0 saturated carbocycles. The second kappa shape index (κ2) is 7.22. The highest BCUT2D eigenvalue weighted by Crippen LogP contribution is 2.30. The van der Waals surface area contributed by atoms with Crippen molar-refractivity contribution in [1.82, 2.24) is 19.7 Å². The number of nitrogens with zero attached hydrogens (tertiary/aromatic N) is 3. The number of hydrogen-bond donors (Lipinski definition) is 1. The molecule has 1 N–H and O–H groups in total. The number of H-pyrrole nitrogens is 1. The van der Waals surface area contributed by atoms with E-state index in [1.807, 2.05) is 6.07 Å². The van der Waals surface area contributed by atoms with Gasteiger partial charge < -0.3 is 4.74 Å². The molecule has 1 aliphatic rings. The summed E-state index contributed by atoms with van der Waals surface area (Å²) in [6.45, 7) is 1.35. The molecule has 0 amide bonds. The van der Waals surface area contributed by atoms with Crippen LogP contribution in [-0.2, 0) is 17.0 Å². The number of thiophene rings is 1. The van der Waals surface area contributed by atoms with Crippen molar-refractivity contribution in [3.63, 3.8) is 0 Å². The van der Waals surface area contributed by atoms with Crippen molar-refractivity contribution in [2.75, 3.05) is 6.61 Å². The molecule has 0 aromatic carbocycles. The molecule has 1 fully saturated rings.